The Hall–Kier alpha value is -4.17. The second kappa shape index (κ2) is 11.6. The van der Waals surface area contributed by atoms with Gasteiger partial charge in [-0.15, -0.1) is 0 Å². The lowest BCUT2D eigenvalue weighted by Crippen LogP contribution is -2.34. The van der Waals surface area contributed by atoms with Gasteiger partial charge in [0.1, 0.15) is 0 Å². The first kappa shape index (κ1) is 24.5. The van der Waals surface area contributed by atoms with Crippen molar-refractivity contribution >= 4 is 35.6 Å². The van der Waals surface area contributed by atoms with Crippen molar-refractivity contribution in [3.63, 3.8) is 0 Å². The van der Waals surface area contributed by atoms with Gasteiger partial charge >= 0.3 is 5.97 Å². The number of hydrogen-bond acceptors (Lipinski definition) is 6. The number of nitrogens with one attached hydrogen (secondary N) is 2. The normalized spacial score (nSPS) is 10.6. The van der Waals surface area contributed by atoms with Crippen LogP contribution in [0, 0.1) is 6.92 Å². The second-order valence-electron chi connectivity index (χ2n) is 7.12. The van der Waals surface area contributed by atoms with E-state index in [1.54, 1.807) is 60.7 Å². The molecule has 3 aromatic rings. The fourth-order valence-electron chi connectivity index (χ4n) is 2.90. The molecule has 9 heteroatoms. The Labute approximate surface area is 201 Å². The zero-order valence-corrected chi connectivity index (χ0v) is 19.3. The lowest BCUT2D eigenvalue weighted by molar-refractivity contribution is -0.120. The zero-order valence-electron chi connectivity index (χ0n) is 18.5. The maximum absolute atomic E-state index is 12.4. The van der Waals surface area contributed by atoms with Crippen molar-refractivity contribution in [3.05, 3.63) is 94.0 Å². The molecule has 0 aromatic heterocycles. The molecule has 0 spiro atoms. The average Bonchev–Trinajstić information content (AvgIpc) is 2.83. The molecule has 0 aliphatic carbocycles. The smallest absolute Gasteiger partial charge is 0.345 e. The molecule has 0 fully saturated rings. The standard InChI is InChI=1S/C25H22ClN3O5/c1-16-6-5-7-18(12-16)24(31)27-15-23(30)29-28-14-17-10-11-21(22(13-17)33-2)34-25(32)19-8-3-4-9-20(19)26/h3-14H,15H2,1-2H3,(H,27,31)(H,29,30)/b28-14+. The van der Waals surface area contributed by atoms with Gasteiger partial charge in [-0.05, 0) is 55.0 Å². The van der Waals surface area contributed by atoms with E-state index in [4.69, 9.17) is 21.1 Å². The lowest BCUT2D eigenvalue weighted by atomic mass is 10.1. The van der Waals surface area contributed by atoms with E-state index in [9.17, 15) is 14.4 Å². The first-order chi connectivity index (χ1) is 16.4. The van der Waals surface area contributed by atoms with Crippen molar-refractivity contribution in [2.24, 2.45) is 5.10 Å². The summed E-state index contributed by atoms with van der Waals surface area (Å²) in [4.78, 5) is 36.4. The highest BCUT2D eigenvalue weighted by molar-refractivity contribution is 6.33. The van der Waals surface area contributed by atoms with Gasteiger partial charge in [-0.2, -0.15) is 5.10 Å². The largest absolute Gasteiger partial charge is 0.493 e. The van der Waals surface area contributed by atoms with Crippen LogP contribution in [0.15, 0.2) is 71.8 Å². The van der Waals surface area contributed by atoms with Gasteiger partial charge in [-0.25, -0.2) is 10.2 Å². The van der Waals surface area contributed by atoms with Gasteiger partial charge in [0.15, 0.2) is 11.5 Å². The van der Waals surface area contributed by atoms with Crippen molar-refractivity contribution in [1.82, 2.24) is 10.7 Å². The number of ether oxygens (including phenoxy) is 2. The Morgan fingerprint density at radius 1 is 1.00 bits per heavy atom. The summed E-state index contributed by atoms with van der Waals surface area (Å²) >= 11 is 6.04. The Kier molecular flexibility index (Phi) is 8.37. The van der Waals surface area contributed by atoms with Crippen LogP contribution >= 0.6 is 11.6 Å². The van der Waals surface area contributed by atoms with Crippen LogP contribution in [-0.2, 0) is 4.79 Å². The third kappa shape index (κ3) is 6.66. The molecule has 0 atom stereocenters. The van der Waals surface area contributed by atoms with Crippen molar-refractivity contribution in [2.45, 2.75) is 6.92 Å². The maximum Gasteiger partial charge on any atom is 0.345 e. The van der Waals surface area contributed by atoms with Gasteiger partial charge in [0.2, 0.25) is 0 Å². The summed E-state index contributed by atoms with van der Waals surface area (Å²) in [5.41, 5.74) is 4.57. The Morgan fingerprint density at radius 2 is 1.79 bits per heavy atom. The monoisotopic (exact) mass is 479 g/mol. The van der Waals surface area contributed by atoms with Gasteiger partial charge in [0.25, 0.3) is 11.8 Å². The molecule has 0 unspecified atom stereocenters. The number of hydrazone groups is 1. The van der Waals surface area contributed by atoms with E-state index in [2.05, 4.69) is 15.8 Å². The predicted octanol–water partition coefficient (Wildman–Crippen LogP) is 3.76. The quantitative estimate of drug-likeness (QED) is 0.221. The number of amides is 2. The van der Waals surface area contributed by atoms with E-state index in [-0.39, 0.29) is 28.8 Å². The van der Waals surface area contributed by atoms with E-state index < -0.39 is 11.9 Å². The molecule has 0 radical (unpaired) electrons. The topological polar surface area (TPSA) is 106 Å². The van der Waals surface area contributed by atoms with Crippen LogP contribution in [0.25, 0.3) is 0 Å². The van der Waals surface area contributed by atoms with Crippen LogP contribution in [0.5, 0.6) is 11.5 Å². The number of methoxy groups -OCH3 is 1. The van der Waals surface area contributed by atoms with Crippen LogP contribution in [0.3, 0.4) is 0 Å². The van der Waals surface area contributed by atoms with Crippen molar-refractivity contribution in [2.75, 3.05) is 13.7 Å². The molecular formula is C25H22ClN3O5. The molecule has 0 heterocycles. The number of halogens is 1. The Morgan fingerprint density at radius 3 is 2.53 bits per heavy atom. The van der Waals surface area contributed by atoms with E-state index in [1.807, 2.05) is 13.0 Å². The SMILES string of the molecule is COc1cc(/C=N/NC(=O)CNC(=O)c2cccc(C)c2)ccc1OC(=O)c1ccccc1Cl. The third-order valence-corrected chi connectivity index (χ3v) is 4.91. The number of carbonyl (C=O) groups excluding carboxylic acids is 3. The molecule has 0 saturated carbocycles. The molecule has 2 amide bonds. The first-order valence-electron chi connectivity index (χ1n) is 10.2. The van der Waals surface area contributed by atoms with Gasteiger partial charge in [0, 0.05) is 5.56 Å². The highest BCUT2D eigenvalue weighted by Gasteiger charge is 2.15. The minimum atomic E-state index is -0.620. The number of nitrogens with zero attached hydrogens (tertiary/aromatic N) is 1. The lowest BCUT2D eigenvalue weighted by Gasteiger charge is -2.10. The van der Waals surface area contributed by atoms with Gasteiger partial charge in [-0.1, -0.05) is 41.4 Å². The summed E-state index contributed by atoms with van der Waals surface area (Å²) in [6, 6.07) is 18.4. The number of carbonyl (C=O) groups is 3. The minimum absolute atomic E-state index is 0.201. The summed E-state index contributed by atoms with van der Waals surface area (Å²) in [6.45, 7) is 1.65. The summed E-state index contributed by atoms with van der Waals surface area (Å²) in [7, 11) is 1.43. The summed E-state index contributed by atoms with van der Waals surface area (Å²) < 4.78 is 10.7. The second-order valence-corrected chi connectivity index (χ2v) is 7.53. The minimum Gasteiger partial charge on any atom is -0.493 e. The molecule has 174 valence electrons. The maximum atomic E-state index is 12.4. The first-order valence-corrected chi connectivity index (χ1v) is 10.6. The summed E-state index contributed by atoms with van der Waals surface area (Å²) in [5.74, 6) is -0.970. The van der Waals surface area contributed by atoms with Crippen molar-refractivity contribution < 1.29 is 23.9 Å². The summed E-state index contributed by atoms with van der Waals surface area (Å²) in [5, 5.41) is 6.69. The number of rotatable bonds is 8. The molecule has 3 rings (SSSR count). The van der Waals surface area contributed by atoms with E-state index in [1.165, 1.54) is 13.3 Å². The van der Waals surface area contributed by atoms with Crippen LogP contribution in [0.2, 0.25) is 5.02 Å². The molecule has 0 aliphatic heterocycles. The van der Waals surface area contributed by atoms with Crippen molar-refractivity contribution in [1.29, 1.82) is 0 Å². The van der Waals surface area contributed by atoms with Crippen LogP contribution in [0.4, 0.5) is 0 Å². The van der Waals surface area contributed by atoms with Crippen LogP contribution in [0.1, 0.15) is 31.8 Å². The van der Waals surface area contributed by atoms with E-state index in [0.717, 1.165) is 5.56 Å². The Balaban J connectivity index is 1.55. The Bertz CT molecular complexity index is 1240. The zero-order chi connectivity index (χ0) is 24.5. The van der Waals surface area contributed by atoms with Crippen LogP contribution in [-0.4, -0.2) is 37.7 Å². The third-order valence-electron chi connectivity index (χ3n) is 4.58. The molecule has 0 aliphatic rings. The fourth-order valence-corrected chi connectivity index (χ4v) is 3.11. The predicted molar refractivity (Wildman–Crippen MR) is 129 cm³/mol. The van der Waals surface area contributed by atoms with Crippen molar-refractivity contribution in [3.8, 4) is 11.5 Å². The molecule has 8 nitrogen and oxygen atoms in total. The average molecular weight is 480 g/mol. The number of esters is 1. The molecule has 2 N–H and O–H groups in total. The highest BCUT2D eigenvalue weighted by Crippen LogP contribution is 2.29. The van der Waals surface area contributed by atoms with Gasteiger partial charge in [0.05, 0.1) is 30.5 Å². The molecular weight excluding hydrogens is 458 g/mol. The van der Waals surface area contributed by atoms with E-state index >= 15 is 0 Å². The molecule has 0 bridgehead atoms. The highest BCUT2D eigenvalue weighted by atomic mass is 35.5. The molecule has 0 saturated heterocycles. The number of aryl methyl sites for hydroxylation is 1. The molecule has 34 heavy (non-hydrogen) atoms. The summed E-state index contributed by atoms with van der Waals surface area (Å²) in [6.07, 6.45) is 1.39. The number of benzene rings is 3. The fraction of sp³-hybridized carbons (Fsp3) is 0.120. The van der Waals surface area contributed by atoms with E-state index in [0.29, 0.717) is 16.9 Å². The molecule has 3 aromatic carbocycles. The van der Waals surface area contributed by atoms with Gasteiger partial charge < -0.3 is 14.8 Å². The number of hydrogen-bond donors (Lipinski definition) is 2. The van der Waals surface area contributed by atoms with Gasteiger partial charge in [-0.3, -0.25) is 9.59 Å². The van der Waals surface area contributed by atoms with Crippen LogP contribution < -0.4 is 20.2 Å².